The lowest BCUT2D eigenvalue weighted by atomic mass is 10.0. The van der Waals surface area contributed by atoms with Crippen molar-refractivity contribution in [1.29, 1.82) is 0 Å². The van der Waals surface area contributed by atoms with Gasteiger partial charge in [0.15, 0.2) is 0 Å². The Morgan fingerprint density at radius 3 is 2.50 bits per heavy atom. The van der Waals surface area contributed by atoms with Crippen LogP contribution >= 0.6 is 0 Å². The van der Waals surface area contributed by atoms with Gasteiger partial charge in [-0.3, -0.25) is 4.79 Å². The molecule has 26 heavy (non-hydrogen) atoms. The van der Waals surface area contributed by atoms with Crippen LogP contribution in [0.15, 0.2) is 24.3 Å². The molecule has 0 saturated carbocycles. The van der Waals surface area contributed by atoms with Gasteiger partial charge in [-0.25, -0.2) is 18.9 Å². The third-order valence-electron chi connectivity index (χ3n) is 3.71. The van der Waals surface area contributed by atoms with Crippen LogP contribution in [0.4, 0.5) is 4.39 Å². The van der Waals surface area contributed by atoms with E-state index < -0.39 is 23.7 Å². The number of aliphatic carboxylic acids is 1. The molecule has 0 fully saturated rings. The highest BCUT2D eigenvalue weighted by Crippen LogP contribution is 2.18. The number of hydrogen-bond donors (Lipinski definition) is 2. The molecular formula is C18H23FN4O3. The second-order valence-electron chi connectivity index (χ2n) is 6.83. The lowest BCUT2D eigenvalue weighted by Crippen LogP contribution is -2.42. The molecule has 2 N–H and O–H groups in total. The maximum atomic E-state index is 13.5. The van der Waals surface area contributed by atoms with Gasteiger partial charge in [0, 0.05) is 5.92 Å². The third-order valence-corrected chi connectivity index (χ3v) is 3.71. The number of rotatable bonds is 7. The first-order chi connectivity index (χ1) is 12.2. The van der Waals surface area contributed by atoms with Crippen molar-refractivity contribution in [3.63, 3.8) is 0 Å². The van der Waals surface area contributed by atoms with Crippen molar-refractivity contribution in [2.45, 2.75) is 46.1 Å². The minimum atomic E-state index is -1.11. The molecule has 0 bridgehead atoms. The maximum absolute atomic E-state index is 13.5. The zero-order valence-electron chi connectivity index (χ0n) is 15.2. The number of amides is 1. The first-order valence-corrected chi connectivity index (χ1v) is 8.45. The standard InChI is InChI=1S/C18H23FN4O3/c1-10(2)8-14(18(25)26)20-17(24)15-21-16(11(3)4)23(22-15)13-7-5-6-12(19)9-13/h5-7,9-11,14H,8H2,1-4H3,(H,20,24)(H,25,26). The van der Waals surface area contributed by atoms with Crippen LogP contribution in [-0.2, 0) is 4.79 Å². The highest BCUT2D eigenvalue weighted by Gasteiger charge is 2.25. The minimum absolute atomic E-state index is 0.0711. The Balaban J connectivity index is 2.34. The van der Waals surface area contributed by atoms with E-state index in [1.165, 1.54) is 16.8 Å². The van der Waals surface area contributed by atoms with Gasteiger partial charge in [0.25, 0.3) is 5.91 Å². The van der Waals surface area contributed by atoms with Crippen molar-refractivity contribution in [2.75, 3.05) is 0 Å². The predicted molar refractivity (Wildman–Crippen MR) is 93.8 cm³/mol. The van der Waals surface area contributed by atoms with Crippen LogP contribution in [0.25, 0.3) is 5.69 Å². The van der Waals surface area contributed by atoms with Crippen molar-refractivity contribution in [1.82, 2.24) is 20.1 Å². The highest BCUT2D eigenvalue weighted by atomic mass is 19.1. The fourth-order valence-electron chi connectivity index (χ4n) is 2.51. The molecule has 0 radical (unpaired) electrons. The SMILES string of the molecule is CC(C)CC(NC(=O)c1nc(C(C)C)n(-c2cccc(F)c2)n1)C(=O)O. The molecule has 0 saturated heterocycles. The average Bonchev–Trinajstić information content (AvgIpc) is 2.99. The molecule has 0 aliphatic carbocycles. The van der Waals surface area contributed by atoms with Gasteiger partial charge in [-0.05, 0) is 30.5 Å². The molecule has 1 amide bonds. The summed E-state index contributed by atoms with van der Waals surface area (Å²) in [6, 6.07) is 4.78. The van der Waals surface area contributed by atoms with Gasteiger partial charge in [0.2, 0.25) is 5.82 Å². The number of aromatic nitrogens is 3. The number of halogens is 1. The highest BCUT2D eigenvalue weighted by molar-refractivity contribution is 5.93. The molecule has 2 rings (SSSR count). The van der Waals surface area contributed by atoms with Crippen molar-refractivity contribution >= 4 is 11.9 Å². The van der Waals surface area contributed by atoms with Gasteiger partial charge in [-0.1, -0.05) is 33.8 Å². The van der Waals surface area contributed by atoms with Crippen molar-refractivity contribution in [3.8, 4) is 5.69 Å². The van der Waals surface area contributed by atoms with Crippen LogP contribution in [0, 0.1) is 11.7 Å². The lowest BCUT2D eigenvalue weighted by molar-refractivity contribution is -0.139. The normalized spacial score (nSPS) is 12.4. The number of carboxylic acids is 1. The van der Waals surface area contributed by atoms with E-state index in [9.17, 15) is 19.1 Å². The summed E-state index contributed by atoms with van der Waals surface area (Å²) < 4.78 is 14.9. The monoisotopic (exact) mass is 362 g/mol. The third kappa shape index (κ3) is 4.65. The number of nitrogens with zero attached hydrogens (tertiary/aromatic N) is 3. The number of carboxylic acid groups (broad SMARTS) is 1. The lowest BCUT2D eigenvalue weighted by Gasteiger charge is -2.15. The van der Waals surface area contributed by atoms with Gasteiger partial charge >= 0.3 is 5.97 Å². The molecule has 8 heteroatoms. The van der Waals surface area contributed by atoms with E-state index in [2.05, 4.69) is 15.4 Å². The zero-order valence-corrected chi connectivity index (χ0v) is 15.2. The van der Waals surface area contributed by atoms with Crippen LogP contribution in [0.1, 0.15) is 56.5 Å². The maximum Gasteiger partial charge on any atom is 0.326 e. The number of hydrogen-bond acceptors (Lipinski definition) is 4. The molecule has 1 aromatic carbocycles. The molecule has 1 unspecified atom stereocenters. The van der Waals surface area contributed by atoms with E-state index in [0.717, 1.165) is 0 Å². The molecule has 0 aliphatic rings. The smallest absolute Gasteiger partial charge is 0.326 e. The molecule has 0 spiro atoms. The predicted octanol–water partition coefficient (Wildman–Crippen LogP) is 2.76. The van der Waals surface area contributed by atoms with Gasteiger partial charge in [0.1, 0.15) is 17.7 Å². The first-order valence-electron chi connectivity index (χ1n) is 8.45. The molecule has 7 nitrogen and oxygen atoms in total. The number of carbonyl (C=O) groups excluding carboxylic acids is 1. The van der Waals surface area contributed by atoms with Crippen LogP contribution < -0.4 is 5.32 Å². The zero-order chi connectivity index (χ0) is 19.4. The van der Waals surface area contributed by atoms with E-state index in [1.54, 1.807) is 12.1 Å². The Bertz CT molecular complexity index is 801. The largest absolute Gasteiger partial charge is 0.480 e. The average molecular weight is 362 g/mol. The van der Waals surface area contributed by atoms with Crippen LogP contribution in [0.3, 0.4) is 0 Å². The number of nitrogens with one attached hydrogen (secondary N) is 1. The van der Waals surface area contributed by atoms with Crippen molar-refractivity contribution < 1.29 is 19.1 Å². The summed E-state index contributed by atoms with van der Waals surface area (Å²) in [5, 5.41) is 15.9. The van der Waals surface area contributed by atoms with Gasteiger partial charge < -0.3 is 10.4 Å². The molecule has 1 atom stereocenters. The molecule has 1 heterocycles. The summed E-state index contributed by atoms with van der Waals surface area (Å²) in [5.74, 6) is -1.85. The first kappa shape index (κ1) is 19.6. The van der Waals surface area contributed by atoms with Crippen LogP contribution in [-0.4, -0.2) is 37.8 Å². The summed E-state index contributed by atoms with van der Waals surface area (Å²) in [4.78, 5) is 28.0. The number of benzene rings is 1. The Kier molecular flexibility index (Phi) is 6.07. The van der Waals surface area contributed by atoms with Crippen LogP contribution in [0.5, 0.6) is 0 Å². The molecule has 1 aromatic heterocycles. The Morgan fingerprint density at radius 1 is 1.27 bits per heavy atom. The second kappa shape index (κ2) is 8.07. The molecule has 140 valence electrons. The fraction of sp³-hybridized carbons (Fsp3) is 0.444. The summed E-state index contributed by atoms with van der Waals surface area (Å²) in [5.41, 5.74) is 0.442. The Hall–Kier alpha value is -2.77. The van der Waals surface area contributed by atoms with Gasteiger partial charge in [0.05, 0.1) is 5.69 Å². The van der Waals surface area contributed by atoms with E-state index in [0.29, 0.717) is 17.9 Å². The van der Waals surface area contributed by atoms with E-state index in [1.807, 2.05) is 27.7 Å². The quantitative estimate of drug-likeness (QED) is 0.789. The Labute approximate surface area is 151 Å². The topological polar surface area (TPSA) is 97.1 Å². The van der Waals surface area contributed by atoms with Crippen LogP contribution in [0.2, 0.25) is 0 Å². The summed E-state index contributed by atoms with van der Waals surface area (Å²) in [7, 11) is 0. The summed E-state index contributed by atoms with van der Waals surface area (Å²) in [6.45, 7) is 7.49. The molecular weight excluding hydrogens is 339 g/mol. The van der Waals surface area contributed by atoms with Crippen molar-refractivity contribution in [3.05, 3.63) is 41.7 Å². The number of carbonyl (C=O) groups is 2. The fourth-order valence-corrected chi connectivity index (χ4v) is 2.51. The second-order valence-corrected chi connectivity index (χ2v) is 6.83. The van der Waals surface area contributed by atoms with Gasteiger partial charge in [-0.15, -0.1) is 5.10 Å². The van der Waals surface area contributed by atoms with E-state index in [4.69, 9.17) is 0 Å². The summed E-state index contributed by atoms with van der Waals surface area (Å²) in [6.07, 6.45) is 0.294. The summed E-state index contributed by atoms with van der Waals surface area (Å²) >= 11 is 0. The Morgan fingerprint density at radius 2 is 1.96 bits per heavy atom. The molecule has 0 aliphatic heterocycles. The van der Waals surface area contributed by atoms with E-state index >= 15 is 0 Å². The van der Waals surface area contributed by atoms with E-state index in [-0.39, 0.29) is 17.7 Å². The molecule has 2 aromatic rings. The minimum Gasteiger partial charge on any atom is -0.480 e. The van der Waals surface area contributed by atoms with Crippen molar-refractivity contribution in [2.24, 2.45) is 5.92 Å². The van der Waals surface area contributed by atoms with Gasteiger partial charge in [-0.2, -0.15) is 0 Å².